The van der Waals surface area contributed by atoms with E-state index in [2.05, 4.69) is 10.2 Å². The van der Waals surface area contributed by atoms with E-state index in [0.29, 0.717) is 11.0 Å². The number of benzene rings is 1. The number of thiophene rings is 1. The normalized spacial score (nSPS) is 15.6. The molecule has 1 aliphatic heterocycles. The van der Waals surface area contributed by atoms with Crippen LogP contribution in [0, 0.1) is 0 Å². The Morgan fingerprint density at radius 2 is 1.85 bits per heavy atom. The van der Waals surface area contributed by atoms with E-state index in [0.717, 1.165) is 36.4 Å². The van der Waals surface area contributed by atoms with Crippen LogP contribution in [-0.4, -0.2) is 38.8 Å². The van der Waals surface area contributed by atoms with Crippen molar-refractivity contribution < 1.29 is 4.79 Å². The highest BCUT2D eigenvalue weighted by atomic mass is 32.2. The fourth-order valence-electron chi connectivity index (χ4n) is 3.21. The van der Waals surface area contributed by atoms with Gasteiger partial charge in [0.1, 0.15) is 5.25 Å². The van der Waals surface area contributed by atoms with Crippen LogP contribution in [0.1, 0.15) is 30.1 Å². The monoisotopic (exact) mass is 399 g/mol. The van der Waals surface area contributed by atoms with Crippen molar-refractivity contribution in [1.29, 1.82) is 0 Å². The summed E-state index contributed by atoms with van der Waals surface area (Å²) in [7, 11) is 0. The maximum atomic E-state index is 13.3. The number of hydrogen-bond acceptors (Lipinski definition) is 6. The van der Waals surface area contributed by atoms with Gasteiger partial charge in [0.15, 0.2) is 5.82 Å². The quantitative estimate of drug-likeness (QED) is 0.524. The lowest BCUT2D eigenvalue weighted by Gasteiger charge is -2.30. The van der Waals surface area contributed by atoms with E-state index in [4.69, 9.17) is 5.84 Å². The van der Waals surface area contributed by atoms with E-state index in [1.165, 1.54) is 22.9 Å². The Morgan fingerprint density at radius 3 is 2.56 bits per heavy atom. The number of thioether (sulfide) groups is 1. The fraction of sp³-hybridized carbons (Fsp3) is 0.316. The standard InChI is InChI=1S/C19H21N5OS2/c20-24-17(15-10-7-13-26-15)21-22-19(24)27-16(14-8-3-1-4-9-14)18(25)23-11-5-2-6-12-23/h1,3-4,7-10,13,16H,2,5-6,11-12,20H2. The first-order valence-electron chi connectivity index (χ1n) is 8.99. The molecule has 2 N–H and O–H groups in total. The molecule has 140 valence electrons. The maximum Gasteiger partial charge on any atom is 0.240 e. The third-order valence-corrected chi connectivity index (χ3v) is 6.69. The molecule has 0 radical (unpaired) electrons. The van der Waals surface area contributed by atoms with E-state index < -0.39 is 0 Å². The average Bonchev–Trinajstić information content (AvgIpc) is 3.37. The number of nitrogens with two attached hydrogens (primary N) is 1. The Kier molecular flexibility index (Phi) is 5.45. The van der Waals surface area contributed by atoms with Crippen LogP contribution in [0.3, 0.4) is 0 Å². The molecule has 3 heterocycles. The summed E-state index contributed by atoms with van der Waals surface area (Å²) in [5, 5.41) is 10.6. The molecule has 3 aromatic rings. The summed E-state index contributed by atoms with van der Waals surface area (Å²) in [4.78, 5) is 16.2. The molecule has 1 unspecified atom stereocenters. The summed E-state index contributed by atoms with van der Waals surface area (Å²) in [5.74, 6) is 6.98. The highest BCUT2D eigenvalue weighted by Gasteiger charge is 2.30. The SMILES string of the molecule is Nn1c(SC(C(=O)N2CCCCC2)c2ccccc2)nnc1-c1cccs1. The second-order valence-electron chi connectivity index (χ2n) is 6.45. The number of aromatic nitrogens is 3. The number of carbonyl (C=O) groups is 1. The molecule has 1 fully saturated rings. The van der Waals surface area contributed by atoms with Crippen molar-refractivity contribution in [2.75, 3.05) is 18.9 Å². The van der Waals surface area contributed by atoms with Gasteiger partial charge in [0.25, 0.3) is 0 Å². The second kappa shape index (κ2) is 8.14. The van der Waals surface area contributed by atoms with Crippen LogP contribution >= 0.6 is 23.1 Å². The van der Waals surface area contributed by atoms with Crippen LogP contribution in [0.15, 0.2) is 53.0 Å². The molecular weight excluding hydrogens is 378 g/mol. The number of carbonyl (C=O) groups excluding carboxylic acids is 1. The topological polar surface area (TPSA) is 77.0 Å². The number of nitrogens with zero attached hydrogens (tertiary/aromatic N) is 4. The minimum atomic E-state index is -0.382. The summed E-state index contributed by atoms with van der Waals surface area (Å²) in [5.41, 5.74) is 0.957. The Morgan fingerprint density at radius 1 is 1.07 bits per heavy atom. The lowest BCUT2D eigenvalue weighted by atomic mass is 10.1. The van der Waals surface area contributed by atoms with Crippen molar-refractivity contribution in [3.05, 3.63) is 53.4 Å². The smallest absolute Gasteiger partial charge is 0.240 e. The molecule has 1 amide bonds. The molecule has 2 aromatic heterocycles. The van der Waals surface area contributed by atoms with Crippen molar-refractivity contribution in [2.24, 2.45) is 0 Å². The number of piperidine rings is 1. The third kappa shape index (κ3) is 3.86. The molecule has 1 aromatic carbocycles. The first kappa shape index (κ1) is 18.1. The number of rotatable bonds is 5. The van der Waals surface area contributed by atoms with Crippen molar-refractivity contribution in [1.82, 2.24) is 19.8 Å². The molecule has 0 saturated carbocycles. The molecule has 0 spiro atoms. The maximum absolute atomic E-state index is 13.3. The van der Waals surface area contributed by atoms with Gasteiger partial charge in [-0.15, -0.1) is 21.5 Å². The van der Waals surface area contributed by atoms with Gasteiger partial charge in [0.2, 0.25) is 11.1 Å². The first-order chi connectivity index (χ1) is 13.2. The van der Waals surface area contributed by atoms with Crippen LogP contribution < -0.4 is 5.84 Å². The zero-order chi connectivity index (χ0) is 18.6. The van der Waals surface area contributed by atoms with Gasteiger partial charge < -0.3 is 10.7 Å². The highest BCUT2D eigenvalue weighted by molar-refractivity contribution is 8.00. The van der Waals surface area contributed by atoms with Crippen LogP contribution in [0.4, 0.5) is 0 Å². The van der Waals surface area contributed by atoms with E-state index >= 15 is 0 Å². The van der Waals surface area contributed by atoms with Crippen LogP contribution in [0.2, 0.25) is 0 Å². The molecule has 27 heavy (non-hydrogen) atoms. The highest BCUT2D eigenvalue weighted by Crippen LogP contribution is 2.37. The zero-order valence-electron chi connectivity index (χ0n) is 14.8. The van der Waals surface area contributed by atoms with E-state index in [-0.39, 0.29) is 11.2 Å². The summed E-state index contributed by atoms with van der Waals surface area (Å²) in [6.07, 6.45) is 3.31. The minimum Gasteiger partial charge on any atom is -0.341 e. The Labute approximate surface area is 166 Å². The van der Waals surface area contributed by atoms with Gasteiger partial charge in [0, 0.05) is 13.1 Å². The Hall–Kier alpha value is -2.32. The lowest BCUT2D eigenvalue weighted by Crippen LogP contribution is -2.38. The second-order valence-corrected chi connectivity index (χ2v) is 8.47. The van der Waals surface area contributed by atoms with Gasteiger partial charge >= 0.3 is 0 Å². The summed E-state index contributed by atoms with van der Waals surface area (Å²) in [6.45, 7) is 1.64. The van der Waals surface area contributed by atoms with E-state index in [1.54, 1.807) is 11.3 Å². The number of amides is 1. The van der Waals surface area contributed by atoms with Gasteiger partial charge in [-0.1, -0.05) is 48.2 Å². The van der Waals surface area contributed by atoms with Gasteiger partial charge in [-0.3, -0.25) is 4.79 Å². The molecule has 8 heteroatoms. The van der Waals surface area contributed by atoms with Crippen molar-refractivity contribution in [2.45, 2.75) is 29.7 Å². The van der Waals surface area contributed by atoms with E-state index in [1.807, 2.05) is 52.7 Å². The largest absolute Gasteiger partial charge is 0.341 e. The first-order valence-corrected chi connectivity index (χ1v) is 10.7. The van der Waals surface area contributed by atoms with Gasteiger partial charge in [0.05, 0.1) is 4.88 Å². The average molecular weight is 400 g/mol. The molecule has 0 aliphatic carbocycles. The molecule has 4 rings (SSSR count). The van der Waals surface area contributed by atoms with Crippen LogP contribution in [0.5, 0.6) is 0 Å². The van der Waals surface area contributed by atoms with Crippen LogP contribution in [-0.2, 0) is 4.79 Å². The predicted molar refractivity (Wildman–Crippen MR) is 109 cm³/mol. The predicted octanol–water partition coefficient (Wildman–Crippen LogP) is 3.57. The fourth-order valence-corrected chi connectivity index (χ4v) is 4.95. The number of likely N-dealkylation sites (tertiary alicyclic amines) is 1. The van der Waals surface area contributed by atoms with E-state index in [9.17, 15) is 4.79 Å². The van der Waals surface area contributed by atoms with Gasteiger partial charge in [-0.25, -0.2) is 4.68 Å². The minimum absolute atomic E-state index is 0.117. The molecule has 1 aliphatic rings. The zero-order valence-corrected chi connectivity index (χ0v) is 16.5. The molecule has 6 nitrogen and oxygen atoms in total. The molecule has 1 saturated heterocycles. The number of hydrogen-bond donors (Lipinski definition) is 1. The summed E-state index contributed by atoms with van der Waals surface area (Å²) < 4.78 is 1.48. The Balaban J connectivity index is 1.63. The van der Waals surface area contributed by atoms with Crippen LogP contribution in [0.25, 0.3) is 10.7 Å². The molecule has 1 atom stereocenters. The summed E-state index contributed by atoms with van der Waals surface area (Å²) in [6, 6.07) is 13.7. The molecule has 0 bridgehead atoms. The third-order valence-electron chi connectivity index (χ3n) is 4.62. The van der Waals surface area contributed by atoms with Crippen molar-refractivity contribution in [3.8, 4) is 10.7 Å². The van der Waals surface area contributed by atoms with Gasteiger partial charge in [-0.05, 0) is 36.3 Å². The lowest BCUT2D eigenvalue weighted by molar-refractivity contribution is -0.131. The summed E-state index contributed by atoms with van der Waals surface area (Å²) >= 11 is 2.93. The Bertz CT molecular complexity index is 888. The molecular formula is C19H21N5OS2. The van der Waals surface area contributed by atoms with Crippen molar-refractivity contribution >= 4 is 29.0 Å². The van der Waals surface area contributed by atoms with Gasteiger partial charge in [-0.2, -0.15) is 0 Å². The van der Waals surface area contributed by atoms with Crippen molar-refractivity contribution in [3.63, 3.8) is 0 Å². The number of nitrogen functional groups attached to an aromatic ring is 1.